The average molecular weight is 390 g/mol. The van der Waals surface area contributed by atoms with Gasteiger partial charge in [0.05, 0.1) is 10.4 Å². The van der Waals surface area contributed by atoms with Gasteiger partial charge in [0.1, 0.15) is 29.3 Å². The van der Waals surface area contributed by atoms with Crippen LogP contribution >= 0.6 is 11.6 Å². The number of aromatic nitrogens is 2. The first-order chi connectivity index (χ1) is 13.1. The molecule has 4 rings (SSSR count). The van der Waals surface area contributed by atoms with Gasteiger partial charge in [-0.1, -0.05) is 23.7 Å². The largest absolute Gasteiger partial charge is 0.396 e. The molecule has 1 fully saturated rings. The van der Waals surface area contributed by atoms with Crippen molar-refractivity contribution >= 4 is 28.3 Å². The summed E-state index contributed by atoms with van der Waals surface area (Å²) in [4.78, 5) is 10.6. The highest BCUT2D eigenvalue weighted by Gasteiger charge is 2.24. The summed E-state index contributed by atoms with van der Waals surface area (Å²) in [6, 6.07) is 7.41. The van der Waals surface area contributed by atoms with Crippen molar-refractivity contribution in [3.63, 3.8) is 0 Å². The third-order valence-corrected chi connectivity index (χ3v) is 5.32. The Bertz CT molecular complexity index is 998. The fourth-order valence-corrected chi connectivity index (χ4v) is 3.86. The first-order valence-corrected chi connectivity index (χ1v) is 9.20. The van der Waals surface area contributed by atoms with Crippen LogP contribution in [0.4, 0.5) is 14.6 Å². The predicted octanol–water partition coefficient (Wildman–Crippen LogP) is 4.44. The van der Waals surface area contributed by atoms with Crippen molar-refractivity contribution in [3.05, 3.63) is 53.3 Å². The smallest absolute Gasteiger partial charge is 0.149 e. The maximum atomic E-state index is 14.5. The summed E-state index contributed by atoms with van der Waals surface area (Å²) in [6.07, 6.45) is 3.22. The van der Waals surface area contributed by atoms with Crippen LogP contribution in [0, 0.1) is 17.6 Å². The molecule has 140 valence electrons. The van der Waals surface area contributed by atoms with Crippen LogP contribution in [-0.2, 0) is 0 Å². The van der Waals surface area contributed by atoms with Gasteiger partial charge in [0.2, 0.25) is 0 Å². The Hall–Kier alpha value is -2.31. The van der Waals surface area contributed by atoms with E-state index in [2.05, 4.69) is 14.9 Å². The van der Waals surface area contributed by atoms with Crippen LogP contribution in [0.1, 0.15) is 12.8 Å². The van der Waals surface area contributed by atoms with Gasteiger partial charge < -0.3 is 10.0 Å². The molecule has 0 bridgehead atoms. The molecule has 0 amide bonds. The SMILES string of the molecule is OCC1CCCN(c2ncnc3c(F)ccc(-c4ccc(F)c(Cl)c4)c23)C1. The lowest BCUT2D eigenvalue weighted by Crippen LogP contribution is -2.37. The molecule has 4 nitrogen and oxygen atoms in total. The van der Waals surface area contributed by atoms with E-state index in [9.17, 15) is 13.9 Å². The fraction of sp³-hybridized carbons (Fsp3) is 0.300. The van der Waals surface area contributed by atoms with E-state index in [0.29, 0.717) is 28.9 Å². The van der Waals surface area contributed by atoms with Gasteiger partial charge >= 0.3 is 0 Å². The number of aliphatic hydroxyl groups is 1. The highest BCUT2D eigenvalue weighted by molar-refractivity contribution is 6.31. The van der Waals surface area contributed by atoms with Gasteiger partial charge in [0.25, 0.3) is 0 Å². The number of nitrogens with zero attached hydrogens (tertiary/aromatic N) is 3. The van der Waals surface area contributed by atoms with Crippen molar-refractivity contribution < 1.29 is 13.9 Å². The monoisotopic (exact) mass is 389 g/mol. The summed E-state index contributed by atoms with van der Waals surface area (Å²) >= 11 is 5.95. The molecule has 0 spiro atoms. The van der Waals surface area contributed by atoms with Crippen LogP contribution in [0.5, 0.6) is 0 Å². The zero-order valence-corrected chi connectivity index (χ0v) is 15.3. The van der Waals surface area contributed by atoms with Crippen molar-refractivity contribution in [2.45, 2.75) is 12.8 Å². The second-order valence-corrected chi connectivity index (χ2v) is 7.19. The van der Waals surface area contributed by atoms with E-state index in [1.807, 2.05) is 0 Å². The van der Waals surface area contributed by atoms with Crippen LogP contribution in [0.15, 0.2) is 36.7 Å². The Balaban J connectivity index is 1.92. The minimum absolute atomic E-state index is 0.00157. The number of aliphatic hydroxyl groups excluding tert-OH is 1. The van der Waals surface area contributed by atoms with Crippen LogP contribution in [0.2, 0.25) is 5.02 Å². The number of benzene rings is 2. The number of fused-ring (bicyclic) bond motifs is 1. The Morgan fingerprint density at radius 1 is 1.15 bits per heavy atom. The zero-order chi connectivity index (χ0) is 19.0. The van der Waals surface area contributed by atoms with Crippen LogP contribution in [0.3, 0.4) is 0 Å². The minimum atomic E-state index is -0.509. The van der Waals surface area contributed by atoms with Gasteiger partial charge in [-0.25, -0.2) is 18.7 Å². The Morgan fingerprint density at radius 2 is 1.96 bits per heavy atom. The first kappa shape index (κ1) is 18.1. The van der Waals surface area contributed by atoms with Gasteiger partial charge in [0, 0.05) is 19.7 Å². The van der Waals surface area contributed by atoms with E-state index in [4.69, 9.17) is 11.6 Å². The Kier molecular flexibility index (Phi) is 4.93. The van der Waals surface area contributed by atoms with E-state index >= 15 is 0 Å². The van der Waals surface area contributed by atoms with Gasteiger partial charge in [-0.2, -0.15) is 0 Å². The molecule has 1 atom stereocenters. The first-order valence-electron chi connectivity index (χ1n) is 8.83. The second-order valence-electron chi connectivity index (χ2n) is 6.78. The molecule has 1 unspecified atom stereocenters. The maximum absolute atomic E-state index is 14.5. The van der Waals surface area contributed by atoms with Gasteiger partial charge in [-0.15, -0.1) is 0 Å². The number of halogens is 3. The molecule has 0 saturated carbocycles. The normalized spacial score (nSPS) is 17.5. The topological polar surface area (TPSA) is 49.2 Å². The summed E-state index contributed by atoms with van der Waals surface area (Å²) < 4.78 is 28.1. The molecule has 27 heavy (non-hydrogen) atoms. The fourth-order valence-electron chi connectivity index (χ4n) is 3.67. The van der Waals surface area contributed by atoms with Crippen molar-refractivity contribution in [3.8, 4) is 11.1 Å². The molecule has 2 aromatic carbocycles. The summed E-state index contributed by atoms with van der Waals surface area (Å²) in [5.74, 6) is -0.180. The van der Waals surface area contributed by atoms with Crippen molar-refractivity contribution in [2.75, 3.05) is 24.6 Å². The van der Waals surface area contributed by atoms with Crippen molar-refractivity contribution in [1.29, 1.82) is 0 Å². The standard InChI is InChI=1S/C20H18ClF2N3O/c21-15-8-13(3-5-16(15)22)14-4-6-17(23)19-18(14)20(25-11-24-19)26-7-1-2-12(9-26)10-27/h3-6,8,11-12,27H,1-2,7,9-10H2. The zero-order valence-electron chi connectivity index (χ0n) is 14.5. The molecule has 3 aromatic rings. The lowest BCUT2D eigenvalue weighted by Gasteiger charge is -2.33. The van der Waals surface area contributed by atoms with Gasteiger partial charge in [0.15, 0.2) is 0 Å². The lowest BCUT2D eigenvalue weighted by atomic mass is 9.97. The van der Waals surface area contributed by atoms with Crippen molar-refractivity contribution in [2.24, 2.45) is 5.92 Å². The predicted molar refractivity (Wildman–Crippen MR) is 102 cm³/mol. The maximum Gasteiger partial charge on any atom is 0.149 e. The summed E-state index contributed by atoms with van der Waals surface area (Å²) in [6.45, 7) is 1.51. The minimum Gasteiger partial charge on any atom is -0.396 e. The third-order valence-electron chi connectivity index (χ3n) is 5.03. The van der Waals surface area contributed by atoms with Crippen LogP contribution < -0.4 is 4.90 Å². The molecule has 1 aromatic heterocycles. The molecule has 0 radical (unpaired) electrons. The Morgan fingerprint density at radius 3 is 2.74 bits per heavy atom. The quantitative estimate of drug-likeness (QED) is 0.719. The van der Waals surface area contributed by atoms with Gasteiger partial charge in [-0.3, -0.25) is 0 Å². The molecule has 1 aliphatic rings. The molecular formula is C20H18ClF2N3O. The molecule has 1 saturated heterocycles. The average Bonchev–Trinajstić information content (AvgIpc) is 2.70. The highest BCUT2D eigenvalue weighted by atomic mass is 35.5. The molecule has 7 heteroatoms. The second kappa shape index (κ2) is 7.37. The van der Waals surface area contributed by atoms with E-state index in [1.165, 1.54) is 24.5 Å². The molecular weight excluding hydrogens is 372 g/mol. The van der Waals surface area contributed by atoms with E-state index in [0.717, 1.165) is 19.4 Å². The van der Waals surface area contributed by atoms with E-state index in [1.54, 1.807) is 12.1 Å². The molecule has 1 N–H and O–H groups in total. The van der Waals surface area contributed by atoms with Crippen LogP contribution in [-0.4, -0.2) is 34.8 Å². The number of hydrogen-bond acceptors (Lipinski definition) is 4. The Labute approximate surface area is 160 Å². The molecule has 2 heterocycles. The number of piperidine rings is 1. The summed E-state index contributed by atoms with van der Waals surface area (Å²) in [5.41, 5.74) is 1.57. The number of rotatable bonds is 3. The highest BCUT2D eigenvalue weighted by Crippen LogP contribution is 2.37. The van der Waals surface area contributed by atoms with E-state index in [-0.39, 0.29) is 23.1 Å². The lowest BCUT2D eigenvalue weighted by molar-refractivity contribution is 0.208. The summed E-state index contributed by atoms with van der Waals surface area (Å²) in [5, 5.41) is 10.1. The van der Waals surface area contributed by atoms with E-state index < -0.39 is 11.6 Å². The molecule has 1 aliphatic heterocycles. The van der Waals surface area contributed by atoms with Crippen LogP contribution in [0.25, 0.3) is 22.0 Å². The third kappa shape index (κ3) is 3.35. The van der Waals surface area contributed by atoms with Gasteiger partial charge in [-0.05, 0) is 48.1 Å². The van der Waals surface area contributed by atoms with Crippen molar-refractivity contribution in [1.82, 2.24) is 9.97 Å². The number of hydrogen-bond donors (Lipinski definition) is 1. The number of anilines is 1. The molecule has 0 aliphatic carbocycles. The summed E-state index contributed by atoms with van der Waals surface area (Å²) in [7, 11) is 0.